The molecule has 222 valence electrons. The predicted octanol–water partition coefficient (Wildman–Crippen LogP) is 6.61. The second kappa shape index (κ2) is 12.1. The SMILES string of the molecule is CC1(C)OB([C@@H](NC(=O)N2C/C(=C\c3ccc(F)cc3)C(=O)/C(=C/c3ccc(F)cc3)C2)C2CCCCC2)OC1(C)C. The molecular weight excluding hydrogens is 537 g/mol. The summed E-state index contributed by atoms with van der Waals surface area (Å²) in [6, 6.07) is 11.4. The zero-order chi connectivity index (χ0) is 30.1. The largest absolute Gasteiger partial charge is 0.482 e. The molecule has 0 aromatic heterocycles. The Morgan fingerprint density at radius 1 is 0.857 bits per heavy atom. The number of nitrogens with one attached hydrogen (secondary N) is 1. The highest BCUT2D eigenvalue weighted by atomic mass is 19.1. The Hall–Kier alpha value is -3.30. The fourth-order valence-electron chi connectivity index (χ4n) is 5.87. The Morgan fingerprint density at radius 2 is 1.31 bits per heavy atom. The number of hydrogen-bond acceptors (Lipinski definition) is 4. The van der Waals surface area contributed by atoms with E-state index < -0.39 is 18.3 Å². The van der Waals surface area contributed by atoms with Crippen LogP contribution in [0.1, 0.15) is 70.9 Å². The second-order valence-corrected chi connectivity index (χ2v) is 12.6. The quantitative estimate of drug-likeness (QED) is 0.322. The number of urea groups is 1. The van der Waals surface area contributed by atoms with Gasteiger partial charge < -0.3 is 19.5 Å². The molecule has 0 spiro atoms. The third kappa shape index (κ3) is 6.68. The number of carbonyl (C=O) groups is 2. The summed E-state index contributed by atoms with van der Waals surface area (Å²) in [6.07, 6.45) is 8.66. The van der Waals surface area contributed by atoms with E-state index in [0.29, 0.717) is 22.3 Å². The molecule has 0 radical (unpaired) electrons. The first-order valence-corrected chi connectivity index (χ1v) is 14.8. The van der Waals surface area contributed by atoms with Crippen LogP contribution in [0.4, 0.5) is 13.6 Å². The molecule has 2 amide bonds. The Kier molecular flexibility index (Phi) is 8.72. The number of rotatable bonds is 5. The molecule has 1 atom stereocenters. The van der Waals surface area contributed by atoms with Gasteiger partial charge in [0.1, 0.15) is 11.6 Å². The molecule has 42 heavy (non-hydrogen) atoms. The number of amides is 2. The zero-order valence-corrected chi connectivity index (χ0v) is 24.8. The van der Waals surface area contributed by atoms with Crippen molar-refractivity contribution in [3.8, 4) is 0 Å². The third-order valence-corrected chi connectivity index (χ3v) is 9.03. The molecule has 1 aliphatic carbocycles. The number of halogens is 2. The molecule has 3 aliphatic rings. The van der Waals surface area contributed by atoms with Crippen molar-refractivity contribution in [2.75, 3.05) is 13.1 Å². The molecule has 5 rings (SSSR count). The molecule has 1 saturated carbocycles. The Morgan fingerprint density at radius 3 is 1.76 bits per heavy atom. The predicted molar refractivity (Wildman–Crippen MR) is 160 cm³/mol. The summed E-state index contributed by atoms with van der Waals surface area (Å²) in [5.74, 6) is -1.11. The zero-order valence-electron chi connectivity index (χ0n) is 24.8. The number of Topliss-reactive ketones (excluding diaryl/α,β-unsaturated/α-hetero) is 1. The number of nitrogens with zero attached hydrogens (tertiary/aromatic N) is 1. The van der Waals surface area contributed by atoms with Gasteiger partial charge in [-0.2, -0.15) is 0 Å². The summed E-state index contributed by atoms with van der Waals surface area (Å²) in [4.78, 5) is 29.1. The average molecular weight is 576 g/mol. The van der Waals surface area contributed by atoms with Crippen LogP contribution < -0.4 is 5.32 Å². The molecule has 0 bridgehead atoms. The molecule has 1 N–H and O–H groups in total. The van der Waals surface area contributed by atoms with Crippen molar-refractivity contribution in [1.82, 2.24) is 10.2 Å². The number of benzene rings is 2. The average Bonchev–Trinajstić information content (AvgIpc) is 3.18. The third-order valence-electron chi connectivity index (χ3n) is 9.03. The summed E-state index contributed by atoms with van der Waals surface area (Å²) in [7, 11) is -0.600. The van der Waals surface area contributed by atoms with E-state index in [-0.39, 0.29) is 48.4 Å². The van der Waals surface area contributed by atoms with Gasteiger partial charge >= 0.3 is 13.1 Å². The Balaban J connectivity index is 1.44. The summed E-state index contributed by atoms with van der Waals surface area (Å²) >= 11 is 0. The lowest BCUT2D eigenvalue weighted by Gasteiger charge is -2.36. The highest BCUT2D eigenvalue weighted by Crippen LogP contribution is 2.40. The maximum atomic E-state index is 14.0. The Bertz CT molecular complexity index is 1280. The molecule has 0 unspecified atom stereocenters. The van der Waals surface area contributed by atoms with E-state index in [2.05, 4.69) is 5.32 Å². The molecule has 3 fully saturated rings. The van der Waals surface area contributed by atoms with Gasteiger partial charge in [0.2, 0.25) is 0 Å². The van der Waals surface area contributed by atoms with Gasteiger partial charge in [-0.1, -0.05) is 43.5 Å². The first-order chi connectivity index (χ1) is 19.9. The molecule has 9 heteroatoms. The van der Waals surface area contributed by atoms with Gasteiger partial charge in [-0.3, -0.25) is 4.79 Å². The minimum absolute atomic E-state index is 0.0869. The summed E-state index contributed by atoms with van der Waals surface area (Å²) < 4.78 is 39.9. The van der Waals surface area contributed by atoms with E-state index in [0.717, 1.165) is 25.7 Å². The lowest BCUT2D eigenvalue weighted by molar-refractivity contribution is -0.113. The van der Waals surface area contributed by atoms with Crippen molar-refractivity contribution < 1.29 is 27.7 Å². The van der Waals surface area contributed by atoms with Crippen LogP contribution in [-0.4, -0.2) is 54.1 Å². The molecular formula is C33H39BF2N2O4. The normalized spacial score (nSPS) is 23.4. The van der Waals surface area contributed by atoms with Crippen LogP contribution in [0.15, 0.2) is 59.7 Å². The van der Waals surface area contributed by atoms with Gasteiger partial charge in [-0.05, 0) is 94.0 Å². The molecule has 2 aromatic rings. The van der Waals surface area contributed by atoms with Crippen LogP contribution in [0.3, 0.4) is 0 Å². The van der Waals surface area contributed by atoms with Crippen LogP contribution in [-0.2, 0) is 14.1 Å². The van der Waals surface area contributed by atoms with E-state index in [1.165, 1.54) is 30.7 Å². The van der Waals surface area contributed by atoms with E-state index in [4.69, 9.17) is 9.31 Å². The topological polar surface area (TPSA) is 67.9 Å². The van der Waals surface area contributed by atoms with Crippen LogP contribution in [0.25, 0.3) is 12.2 Å². The standard InChI is InChI=1S/C33H39BF2N2O4/c1-32(2)33(3,4)42-34(41-32)30(24-8-6-5-7-9-24)37-31(40)38-20-25(18-22-10-14-27(35)15-11-22)29(39)26(21-38)19-23-12-16-28(36)17-13-23/h10-19,24,30H,5-9,20-21H2,1-4H3,(H,37,40)/b25-18+,26-19+/t30-/m0/s1. The fourth-order valence-corrected chi connectivity index (χ4v) is 5.87. The maximum Gasteiger partial charge on any atom is 0.482 e. The minimum atomic E-state index is -0.600. The maximum absolute atomic E-state index is 14.0. The summed E-state index contributed by atoms with van der Waals surface area (Å²) in [5.41, 5.74) is 1.04. The van der Waals surface area contributed by atoms with Crippen molar-refractivity contribution in [3.05, 3.63) is 82.4 Å². The van der Waals surface area contributed by atoms with Gasteiger partial charge in [0.05, 0.1) is 30.2 Å². The molecule has 6 nitrogen and oxygen atoms in total. The highest BCUT2D eigenvalue weighted by molar-refractivity contribution is 6.48. The van der Waals surface area contributed by atoms with Crippen molar-refractivity contribution in [1.29, 1.82) is 0 Å². The van der Waals surface area contributed by atoms with Gasteiger partial charge in [-0.15, -0.1) is 0 Å². The molecule has 2 aliphatic heterocycles. The first-order valence-electron chi connectivity index (χ1n) is 14.8. The van der Waals surface area contributed by atoms with Crippen LogP contribution in [0, 0.1) is 17.6 Å². The second-order valence-electron chi connectivity index (χ2n) is 12.6. The lowest BCUT2D eigenvalue weighted by Crippen LogP contribution is -2.57. The van der Waals surface area contributed by atoms with E-state index in [1.54, 1.807) is 41.3 Å². The van der Waals surface area contributed by atoms with Crippen molar-refractivity contribution in [3.63, 3.8) is 0 Å². The summed E-state index contributed by atoms with van der Waals surface area (Å²) in [5, 5.41) is 3.24. The first kappa shape index (κ1) is 30.2. The van der Waals surface area contributed by atoms with Crippen molar-refractivity contribution in [2.24, 2.45) is 5.92 Å². The van der Waals surface area contributed by atoms with Crippen LogP contribution in [0.2, 0.25) is 0 Å². The van der Waals surface area contributed by atoms with Crippen molar-refractivity contribution >= 4 is 31.1 Å². The van der Waals surface area contributed by atoms with E-state index in [9.17, 15) is 18.4 Å². The van der Waals surface area contributed by atoms with E-state index >= 15 is 0 Å². The van der Waals surface area contributed by atoms with Crippen molar-refractivity contribution in [2.45, 2.75) is 76.9 Å². The number of piperidine rings is 1. The van der Waals surface area contributed by atoms with Crippen LogP contribution in [0.5, 0.6) is 0 Å². The fraction of sp³-hybridized carbons (Fsp3) is 0.455. The highest BCUT2D eigenvalue weighted by Gasteiger charge is 2.55. The smallest absolute Gasteiger partial charge is 0.402 e. The Labute approximate surface area is 247 Å². The molecule has 2 saturated heterocycles. The monoisotopic (exact) mass is 576 g/mol. The summed E-state index contributed by atoms with van der Waals surface area (Å²) in [6.45, 7) is 8.18. The number of ketones is 1. The van der Waals surface area contributed by atoms with Gasteiger partial charge in [0.25, 0.3) is 0 Å². The van der Waals surface area contributed by atoms with E-state index in [1.807, 2.05) is 27.7 Å². The number of hydrogen-bond donors (Lipinski definition) is 1. The van der Waals surface area contributed by atoms with Gasteiger partial charge in [0, 0.05) is 11.1 Å². The molecule has 2 heterocycles. The number of likely N-dealkylation sites (tertiary alicyclic amines) is 1. The minimum Gasteiger partial charge on any atom is -0.402 e. The van der Waals surface area contributed by atoms with Gasteiger partial charge in [-0.25, -0.2) is 13.6 Å². The van der Waals surface area contributed by atoms with Crippen LogP contribution >= 0.6 is 0 Å². The molecule has 2 aromatic carbocycles. The lowest BCUT2D eigenvalue weighted by atomic mass is 9.66. The number of carbonyl (C=O) groups excluding carboxylic acids is 2. The van der Waals surface area contributed by atoms with Gasteiger partial charge in [0.15, 0.2) is 5.78 Å².